The first-order chi connectivity index (χ1) is 7.59. The van der Waals surface area contributed by atoms with Gasteiger partial charge in [0.05, 0.1) is 12.0 Å². The van der Waals surface area contributed by atoms with Gasteiger partial charge in [0, 0.05) is 19.1 Å². The Bertz CT molecular complexity index is 307. The van der Waals surface area contributed by atoms with E-state index in [9.17, 15) is 9.59 Å². The van der Waals surface area contributed by atoms with Crippen molar-refractivity contribution in [2.45, 2.75) is 24.9 Å². The van der Waals surface area contributed by atoms with Crippen LogP contribution >= 0.6 is 0 Å². The molecule has 5 N–H and O–H groups in total. The van der Waals surface area contributed by atoms with Gasteiger partial charge in [0.15, 0.2) is 0 Å². The van der Waals surface area contributed by atoms with Crippen molar-refractivity contribution < 1.29 is 9.59 Å². The molecule has 0 bridgehead atoms. The van der Waals surface area contributed by atoms with E-state index in [4.69, 9.17) is 11.5 Å². The van der Waals surface area contributed by atoms with E-state index >= 15 is 0 Å². The highest BCUT2D eigenvalue weighted by Gasteiger charge is 2.41. The summed E-state index contributed by atoms with van der Waals surface area (Å²) in [4.78, 5) is 24.5. The minimum atomic E-state index is -0.644. The first-order valence-corrected chi connectivity index (χ1v) is 5.66. The van der Waals surface area contributed by atoms with Crippen LogP contribution in [0.1, 0.15) is 12.8 Å². The molecule has 0 saturated carbocycles. The predicted octanol–water partition coefficient (Wildman–Crippen LogP) is -1.99. The first kappa shape index (κ1) is 11.3. The number of primary amides is 1. The normalized spacial score (nSPS) is 31.9. The van der Waals surface area contributed by atoms with Crippen LogP contribution in [0.2, 0.25) is 0 Å². The number of carbonyl (C=O) groups is 2. The fraction of sp³-hybridized carbons (Fsp3) is 0.800. The molecule has 16 heavy (non-hydrogen) atoms. The molecule has 2 heterocycles. The summed E-state index contributed by atoms with van der Waals surface area (Å²) in [6.07, 6.45) is 1.90. The minimum absolute atomic E-state index is 0.0637. The van der Waals surface area contributed by atoms with Gasteiger partial charge in [0.25, 0.3) is 0 Å². The molecule has 0 aromatic carbocycles. The molecule has 2 rings (SSSR count). The molecule has 0 aromatic heterocycles. The Balaban J connectivity index is 1.99. The Morgan fingerprint density at radius 3 is 3.06 bits per heavy atom. The van der Waals surface area contributed by atoms with Crippen molar-refractivity contribution in [3.63, 3.8) is 0 Å². The third-order valence-electron chi connectivity index (χ3n) is 3.51. The topological polar surface area (TPSA) is 101 Å². The fourth-order valence-electron chi connectivity index (χ4n) is 2.61. The molecule has 90 valence electrons. The number of carbonyl (C=O) groups excluding carboxylic acids is 2. The second-order valence-corrected chi connectivity index (χ2v) is 4.57. The number of nitrogens with zero attached hydrogens (tertiary/aromatic N) is 1. The number of nitrogens with two attached hydrogens (primary N) is 2. The number of amides is 2. The smallest absolute Gasteiger partial charge is 0.235 e. The second kappa shape index (κ2) is 4.39. The second-order valence-electron chi connectivity index (χ2n) is 4.57. The lowest BCUT2D eigenvalue weighted by Gasteiger charge is -2.36. The van der Waals surface area contributed by atoms with Crippen molar-refractivity contribution in [2.75, 3.05) is 19.6 Å². The van der Waals surface area contributed by atoms with Gasteiger partial charge in [-0.05, 0) is 19.4 Å². The van der Waals surface area contributed by atoms with Gasteiger partial charge in [-0.3, -0.25) is 14.5 Å². The molecular formula is C10H18N4O2. The highest BCUT2D eigenvalue weighted by Crippen LogP contribution is 2.27. The lowest BCUT2D eigenvalue weighted by atomic mass is 9.91. The van der Waals surface area contributed by atoms with Gasteiger partial charge in [0.2, 0.25) is 11.8 Å². The van der Waals surface area contributed by atoms with E-state index in [-0.39, 0.29) is 17.9 Å². The molecule has 3 unspecified atom stereocenters. The average molecular weight is 226 g/mol. The van der Waals surface area contributed by atoms with Crippen LogP contribution in [0.3, 0.4) is 0 Å². The van der Waals surface area contributed by atoms with E-state index < -0.39 is 11.9 Å². The van der Waals surface area contributed by atoms with E-state index in [1.54, 1.807) is 0 Å². The van der Waals surface area contributed by atoms with Gasteiger partial charge in [0.1, 0.15) is 0 Å². The maximum Gasteiger partial charge on any atom is 0.235 e. The van der Waals surface area contributed by atoms with E-state index in [0.29, 0.717) is 13.1 Å². The van der Waals surface area contributed by atoms with Crippen LogP contribution in [0, 0.1) is 5.92 Å². The van der Waals surface area contributed by atoms with Crippen LogP contribution in [0.5, 0.6) is 0 Å². The van der Waals surface area contributed by atoms with E-state index in [0.717, 1.165) is 19.4 Å². The van der Waals surface area contributed by atoms with Crippen LogP contribution in [0.4, 0.5) is 0 Å². The van der Waals surface area contributed by atoms with Crippen molar-refractivity contribution in [3.8, 4) is 0 Å². The monoisotopic (exact) mass is 226 g/mol. The molecule has 2 fully saturated rings. The molecule has 6 heteroatoms. The first-order valence-electron chi connectivity index (χ1n) is 5.66. The zero-order valence-corrected chi connectivity index (χ0v) is 9.19. The molecule has 3 atom stereocenters. The van der Waals surface area contributed by atoms with Crippen molar-refractivity contribution in [1.29, 1.82) is 0 Å². The van der Waals surface area contributed by atoms with Gasteiger partial charge in [-0.2, -0.15) is 0 Å². The Hall–Kier alpha value is -1.14. The maximum absolute atomic E-state index is 11.5. The molecular weight excluding hydrogens is 208 g/mol. The van der Waals surface area contributed by atoms with E-state index in [2.05, 4.69) is 10.2 Å². The maximum atomic E-state index is 11.5. The SMILES string of the molecule is NC(=O)C(N)CN1CCCC2C(=O)NCC21. The molecule has 0 aromatic rings. The van der Waals surface area contributed by atoms with Gasteiger partial charge in [-0.25, -0.2) is 0 Å². The molecule has 0 spiro atoms. The predicted molar refractivity (Wildman–Crippen MR) is 58.3 cm³/mol. The third-order valence-corrected chi connectivity index (χ3v) is 3.51. The summed E-state index contributed by atoms with van der Waals surface area (Å²) in [5.41, 5.74) is 10.8. The molecule has 6 nitrogen and oxygen atoms in total. The molecule has 2 amide bonds. The number of hydrogen-bond acceptors (Lipinski definition) is 4. The van der Waals surface area contributed by atoms with Crippen LogP contribution in [0.15, 0.2) is 0 Å². The number of fused-ring (bicyclic) bond motifs is 1. The van der Waals surface area contributed by atoms with Crippen molar-refractivity contribution in [2.24, 2.45) is 17.4 Å². The molecule has 0 radical (unpaired) electrons. The zero-order valence-electron chi connectivity index (χ0n) is 9.19. The number of likely N-dealkylation sites (tertiary alicyclic amines) is 1. The molecule has 2 aliphatic rings. The van der Waals surface area contributed by atoms with Crippen molar-refractivity contribution >= 4 is 11.8 Å². The van der Waals surface area contributed by atoms with Gasteiger partial charge >= 0.3 is 0 Å². The van der Waals surface area contributed by atoms with Crippen LogP contribution in [0.25, 0.3) is 0 Å². The summed E-state index contributed by atoms with van der Waals surface area (Å²) < 4.78 is 0. The van der Waals surface area contributed by atoms with E-state index in [1.807, 2.05) is 0 Å². The molecule has 2 aliphatic heterocycles. The highest BCUT2D eigenvalue weighted by atomic mass is 16.2. The molecule has 2 saturated heterocycles. The minimum Gasteiger partial charge on any atom is -0.368 e. The summed E-state index contributed by atoms with van der Waals surface area (Å²) in [6, 6.07) is -0.457. The Labute approximate surface area is 94.3 Å². The third kappa shape index (κ3) is 2.03. The lowest BCUT2D eigenvalue weighted by Crippen LogP contribution is -2.53. The van der Waals surface area contributed by atoms with Crippen molar-refractivity contribution in [1.82, 2.24) is 10.2 Å². The highest BCUT2D eigenvalue weighted by molar-refractivity contribution is 5.82. The van der Waals surface area contributed by atoms with Gasteiger partial charge < -0.3 is 16.8 Å². The zero-order chi connectivity index (χ0) is 11.7. The van der Waals surface area contributed by atoms with Crippen molar-refractivity contribution in [3.05, 3.63) is 0 Å². The van der Waals surface area contributed by atoms with Gasteiger partial charge in [-0.15, -0.1) is 0 Å². The quantitative estimate of drug-likeness (QED) is 0.518. The Kier molecular flexibility index (Phi) is 3.11. The summed E-state index contributed by atoms with van der Waals surface area (Å²) in [5.74, 6) is -0.296. The summed E-state index contributed by atoms with van der Waals surface area (Å²) >= 11 is 0. The number of rotatable bonds is 3. The lowest BCUT2D eigenvalue weighted by molar-refractivity contribution is -0.124. The largest absolute Gasteiger partial charge is 0.368 e. The van der Waals surface area contributed by atoms with Crippen LogP contribution < -0.4 is 16.8 Å². The summed E-state index contributed by atoms with van der Waals surface area (Å²) in [6.45, 7) is 2.00. The Morgan fingerprint density at radius 2 is 2.38 bits per heavy atom. The fourth-order valence-corrected chi connectivity index (χ4v) is 2.61. The van der Waals surface area contributed by atoms with Gasteiger partial charge in [-0.1, -0.05) is 0 Å². The van der Waals surface area contributed by atoms with Crippen LogP contribution in [-0.4, -0.2) is 48.4 Å². The van der Waals surface area contributed by atoms with E-state index in [1.165, 1.54) is 0 Å². The summed E-state index contributed by atoms with van der Waals surface area (Å²) in [5, 5.41) is 2.86. The average Bonchev–Trinajstić information content (AvgIpc) is 2.62. The standard InChI is InChI=1S/C10H18N4O2/c11-7(9(12)15)5-14-3-1-2-6-8(14)4-13-10(6)16/h6-8H,1-5,11H2,(H2,12,15)(H,13,16). The Morgan fingerprint density at radius 1 is 1.62 bits per heavy atom. The van der Waals surface area contributed by atoms with Crippen LogP contribution in [-0.2, 0) is 9.59 Å². The molecule has 0 aliphatic carbocycles. The number of hydrogen-bond donors (Lipinski definition) is 3. The number of piperidine rings is 1. The number of nitrogens with one attached hydrogen (secondary N) is 1. The summed E-state index contributed by atoms with van der Waals surface area (Å²) in [7, 11) is 0.